The number of fused-ring (bicyclic) bond motifs is 2. The average Bonchev–Trinajstić information content (AvgIpc) is 3.11. The van der Waals surface area contributed by atoms with E-state index >= 15 is 0 Å². The molecule has 0 atom stereocenters. The number of hydrogen-bond donors (Lipinski definition) is 1. The third-order valence-corrected chi connectivity index (χ3v) is 5.15. The highest BCUT2D eigenvalue weighted by molar-refractivity contribution is 8.02. The van der Waals surface area contributed by atoms with Gasteiger partial charge in [-0.05, 0) is 29.0 Å². The molecule has 0 radical (unpaired) electrons. The summed E-state index contributed by atoms with van der Waals surface area (Å²) in [5, 5.41) is 13.4. The SMILES string of the molecule is Fc1ccccc1-c1nnc2n1NC(c1ccc3ccccc3c1)=CS2. The molecule has 126 valence electrons. The highest BCUT2D eigenvalue weighted by atomic mass is 32.2. The van der Waals surface area contributed by atoms with Gasteiger partial charge >= 0.3 is 0 Å². The maximum absolute atomic E-state index is 14.2. The zero-order chi connectivity index (χ0) is 17.5. The highest BCUT2D eigenvalue weighted by Crippen LogP contribution is 2.32. The average molecular weight is 360 g/mol. The molecule has 26 heavy (non-hydrogen) atoms. The standard InChI is InChI=1S/C20H13FN4S/c21-17-8-4-3-7-16(17)19-22-23-20-25(19)24-18(12-26-20)15-10-9-13-5-1-2-6-14(13)11-15/h1-12,24H. The van der Waals surface area contributed by atoms with E-state index in [4.69, 9.17) is 0 Å². The van der Waals surface area contributed by atoms with Crippen LogP contribution in [0, 0.1) is 5.82 Å². The second kappa shape index (κ2) is 6.00. The second-order valence-corrected chi connectivity index (χ2v) is 6.78. The Morgan fingerprint density at radius 1 is 0.885 bits per heavy atom. The molecule has 0 saturated heterocycles. The van der Waals surface area contributed by atoms with Crippen molar-refractivity contribution in [2.45, 2.75) is 5.16 Å². The van der Waals surface area contributed by atoms with Crippen molar-refractivity contribution in [1.82, 2.24) is 14.9 Å². The van der Waals surface area contributed by atoms with Gasteiger partial charge in [0.05, 0.1) is 11.3 Å². The van der Waals surface area contributed by atoms with Gasteiger partial charge in [-0.25, -0.2) is 9.07 Å². The maximum atomic E-state index is 14.2. The lowest BCUT2D eigenvalue weighted by atomic mass is 10.1. The number of thioether (sulfide) groups is 1. The lowest BCUT2D eigenvalue weighted by Crippen LogP contribution is -2.18. The van der Waals surface area contributed by atoms with Crippen molar-refractivity contribution < 1.29 is 4.39 Å². The Bertz CT molecular complexity index is 1170. The highest BCUT2D eigenvalue weighted by Gasteiger charge is 2.21. The first-order valence-electron chi connectivity index (χ1n) is 8.13. The molecule has 1 aliphatic heterocycles. The van der Waals surface area contributed by atoms with Crippen LogP contribution in [0.5, 0.6) is 0 Å². The molecule has 3 aromatic carbocycles. The van der Waals surface area contributed by atoms with Crippen molar-refractivity contribution in [2.75, 3.05) is 5.43 Å². The normalized spacial score (nSPS) is 13.2. The minimum atomic E-state index is -0.323. The third-order valence-electron chi connectivity index (χ3n) is 4.32. The first-order valence-corrected chi connectivity index (χ1v) is 9.01. The quantitative estimate of drug-likeness (QED) is 0.553. The van der Waals surface area contributed by atoms with Crippen LogP contribution in [-0.4, -0.2) is 14.9 Å². The lowest BCUT2D eigenvalue weighted by molar-refractivity contribution is 0.628. The summed E-state index contributed by atoms with van der Waals surface area (Å²) in [4.78, 5) is 0. The Hall–Kier alpha value is -3.12. The summed E-state index contributed by atoms with van der Waals surface area (Å²) < 4.78 is 15.9. The van der Waals surface area contributed by atoms with Crippen molar-refractivity contribution in [3.63, 3.8) is 0 Å². The van der Waals surface area contributed by atoms with Gasteiger partial charge in [0.25, 0.3) is 0 Å². The van der Waals surface area contributed by atoms with E-state index in [-0.39, 0.29) is 5.82 Å². The van der Waals surface area contributed by atoms with Crippen molar-refractivity contribution in [3.05, 3.63) is 83.5 Å². The van der Waals surface area contributed by atoms with Crippen molar-refractivity contribution in [1.29, 1.82) is 0 Å². The summed E-state index contributed by atoms with van der Waals surface area (Å²) in [6, 6.07) is 21.1. The lowest BCUT2D eigenvalue weighted by Gasteiger charge is -2.19. The fraction of sp³-hybridized carbons (Fsp3) is 0. The second-order valence-electron chi connectivity index (χ2n) is 5.94. The molecule has 0 amide bonds. The van der Waals surface area contributed by atoms with E-state index in [0.29, 0.717) is 16.5 Å². The molecule has 1 N–H and O–H groups in total. The third kappa shape index (κ3) is 2.46. The predicted octanol–water partition coefficient (Wildman–Crippen LogP) is 4.89. The summed E-state index contributed by atoms with van der Waals surface area (Å²) in [5.41, 5.74) is 5.71. The van der Waals surface area contributed by atoms with Gasteiger partial charge in [-0.2, -0.15) is 0 Å². The Kier molecular flexibility index (Phi) is 3.50. The number of halogens is 1. The van der Waals surface area contributed by atoms with Crippen LogP contribution in [0.15, 0.2) is 77.3 Å². The molecule has 2 heterocycles. The first kappa shape index (κ1) is 15.2. The minimum Gasteiger partial charge on any atom is -0.289 e. The Labute approximate surface area is 153 Å². The number of nitrogens with one attached hydrogen (secondary N) is 1. The van der Waals surface area contributed by atoms with E-state index in [1.807, 2.05) is 17.5 Å². The summed E-state index contributed by atoms with van der Waals surface area (Å²) in [6.45, 7) is 0. The monoisotopic (exact) mass is 360 g/mol. The van der Waals surface area contributed by atoms with Crippen LogP contribution in [0.4, 0.5) is 4.39 Å². The first-order chi connectivity index (χ1) is 12.8. The van der Waals surface area contributed by atoms with E-state index in [1.165, 1.54) is 28.6 Å². The van der Waals surface area contributed by atoms with E-state index in [2.05, 4.69) is 46.0 Å². The molecule has 1 aromatic heterocycles. The molecule has 0 fully saturated rings. The smallest absolute Gasteiger partial charge is 0.214 e. The zero-order valence-electron chi connectivity index (χ0n) is 13.6. The van der Waals surface area contributed by atoms with Gasteiger partial charge < -0.3 is 0 Å². The summed E-state index contributed by atoms with van der Waals surface area (Å²) in [5.74, 6) is 0.133. The zero-order valence-corrected chi connectivity index (χ0v) is 14.4. The van der Waals surface area contributed by atoms with Gasteiger partial charge in [0, 0.05) is 11.0 Å². The molecule has 4 aromatic rings. The number of benzene rings is 3. The van der Waals surface area contributed by atoms with Gasteiger partial charge in [0.15, 0.2) is 5.82 Å². The predicted molar refractivity (Wildman–Crippen MR) is 103 cm³/mol. The van der Waals surface area contributed by atoms with E-state index in [9.17, 15) is 4.39 Å². The van der Waals surface area contributed by atoms with Crippen LogP contribution in [-0.2, 0) is 0 Å². The van der Waals surface area contributed by atoms with Gasteiger partial charge in [0.2, 0.25) is 5.16 Å². The number of aromatic nitrogens is 3. The molecule has 1 aliphatic rings. The molecule has 0 saturated carbocycles. The van der Waals surface area contributed by atoms with Crippen LogP contribution in [0.3, 0.4) is 0 Å². The van der Waals surface area contributed by atoms with Crippen LogP contribution in [0.25, 0.3) is 27.9 Å². The van der Waals surface area contributed by atoms with Crippen LogP contribution >= 0.6 is 11.8 Å². The number of hydrogen-bond acceptors (Lipinski definition) is 4. The van der Waals surface area contributed by atoms with Crippen molar-refractivity contribution in [2.24, 2.45) is 0 Å². The Morgan fingerprint density at radius 2 is 1.69 bits per heavy atom. The summed E-state index contributed by atoms with van der Waals surface area (Å²) >= 11 is 1.46. The van der Waals surface area contributed by atoms with Crippen LogP contribution in [0.2, 0.25) is 0 Å². The maximum Gasteiger partial charge on any atom is 0.214 e. The molecule has 5 rings (SSSR count). The Balaban J connectivity index is 1.55. The van der Waals surface area contributed by atoms with Crippen molar-refractivity contribution in [3.8, 4) is 11.4 Å². The minimum absolute atomic E-state index is 0.323. The topological polar surface area (TPSA) is 42.7 Å². The van der Waals surface area contributed by atoms with E-state index < -0.39 is 0 Å². The number of rotatable bonds is 2. The van der Waals surface area contributed by atoms with Crippen LogP contribution in [0.1, 0.15) is 5.56 Å². The molecule has 6 heteroatoms. The number of nitrogens with zero attached hydrogens (tertiary/aromatic N) is 3. The van der Waals surface area contributed by atoms with Gasteiger partial charge in [-0.3, -0.25) is 5.43 Å². The fourth-order valence-electron chi connectivity index (χ4n) is 3.01. The van der Waals surface area contributed by atoms with Crippen LogP contribution < -0.4 is 5.43 Å². The molecule has 0 bridgehead atoms. The fourth-order valence-corrected chi connectivity index (χ4v) is 3.75. The molecular weight excluding hydrogens is 347 g/mol. The van der Waals surface area contributed by atoms with E-state index in [0.717, 1.165) is 11.3 Å². The summed E-state index contributed by atoms with van der Waals surface area (Å²) in [6.07, 6.45) is 0. The van der Waals surface area contributed by atoms with Crippen molar-refractivity contribution >= 4 is 28.2 Å². The summed E-state index contributed by atoms with van der Waals surface area (Å²) in [7, 11) is 0. The molecule has 0 aliphatic carbocycles. The molecule has 0 unspecified atom stereocenters. The molecular formula is C20H13FN4S. The largest absolute Gasteiger partial charge is 0.289 e. The van der Waals surface area contributed by atoms with E-state index in [1.54, 1.807) is 22.9 Å². The van der Waals surface area contributed by atoms with Gasteiger partial charge in [0.1, 0.15) is 5.82 Å². The van der Waals surface area contributed by atoms with Gasteiger partial charge in [-0.15, -0.1) is 10.2 Å². The van der Waals surface area contributed by atoms with Gasteiger partial charge in [-0.1, -0.05) is 60.3 Å². The molecule has 0 spiro atoms. The Morgan fingerprint density at radius 3 is 2.58 bits per heavy atom. The molecule has 4 nitrogen and oxygen atoms in total.